The summed E-state index contributed by atoms with van der Waals surface area (Å²) in [7, 11) is 0. The number of carbonyl (C=O) groups excluding carboxylic acids is 2. The van der Waals surface area contributed by atoms with Gasteiger partial charge in [-0.15, -0.1) is 0 Å². The highest BCUT2D eigenvalue weighted by molar-refractivity contribution is 5.96. The molecule has 2 atom stereocenters. The number of benzene rings is 1. The summed E-state index contributed by atoms with van der Waals surface area (Å²) in [6.07, 6.45) is 6.63. The highest BCUT2D eigenvalue weighted by atomic mass is 16.5. The number of ether oxygens (including phenoxy) is 1. The molecule has 2 N–H and O–H groups in total. The second kappa shape index (κ2) is 10.1. The van der Waals surface area contributed by atoms with E-state index in [-0.39, 0.29) is 18.6 Å². The zero-order valence-corrected chi connectivity index (χ0v) is 15.3. The highest BCUT2D eigenvalue weighted by Crippen LogP contribution is 2.23. The molecule has 138 valence electrons. The molecule has 1 aromatic rings. The molecular weight excluding hydrogens is 316 g/mol. The average Bonchev–Trinajstić information content (AvgIpc) is 2.62. The van der Waals surface area contributed by atoms with Gasteiger partial charge in [-0.3, -0.25) is 4.79 Å². The monoisotopic (exact) mass is 346 g/mol. The number of carbonyl (C=O) groups is 2. The van der Waals surface area contributed by atoms with Crippen molar-refractivity contribution in [2.45, 2.75) is 58.4 Å². The molecule has 2 rings (SSSR count). The Morgan fingerprint density at radius 3 is 2.72 bits per heavy atom. The molecule has 5 nitrogen and oxygen atoms in total. The lowest BCUT2D eigenvalue weighted by Crippen LogP contribution is -2.42. The largest absolute Gasteiger partial charge is 0.452 e. The van der Waals surface area contributed by atoms with E-state index in [0.29, 0.717) is 11.5 Å². The quantitative estimate of drug-likeness (QED) is 0.556. The summed E-state index contributed by atoms with van der Waals surface area (Å²) in [6, 6.07) is 7.45. The molecule has 0 saturated heterocycles. The lowest BCUT2D eigenvalue weighted by atomic mass is 9.86. The van der Waals surface area contributed by atoms with Gasteiger partial charge in [-0.1, -0.05) is 45.2 Å². The molecule has 0 heterocycles. The van der Waals surface area contributed by atoms with Gasteiger partial charge in [0, 0.05) is 18.3 Å². The van der Waals surface area contributed by atoms with E-state index in [1.54, 1.807) is 12.1 Å². The summed E-state index contributed by atoms with van der Waals surface area (Å²) in [5, 5.41) is 6.25. The van der Waals surface area contributed by atoms with E-state index in [1.807, 2.05) is 12.1 Å². The SMILES string of the molecule is CCCCNc1ccccc1C(=O)OCC(=O)N[C@H]1CCCC[C@H]1C. The van der Waals surface area contributed by atoms with Crippen LogP contribution in [0.4, 0.5) is 5.69 Å². The van der Waals surface area contributed by atoms with Crippen LogP contribution in [0.15, 0.2) is 24.3 Å². The van der Waals surface area contributed by atoms with Crippen molar-refractivity contribution in [3.63, 3.8) is 0 Å². The van der Waals surface area contributed by atoms with Crippen LogP contribution < -0.4 is 10.6 Å². The van der Waals surface area contributed by atoms with Crippen molar-refractivity contribution in [3.05, 3.63) is 29.8 Å². The van der Waals surface area contributed by atoms with E-state index in [2.05, 4.69) is 24.5 Å². The molecule has 0 aromatic heterocycles. The van der Waals surface area contributed by atoms with Gasteiger partial charge >= 0.3 is 5.97 Å². The maximum atomic E-state index is 12.3. The summed E-state index contributed by atoms with van der Waals surface area (Å²) >= 11 is 0. The summed E-state index contributed by atoms with van der Waals surface area (Å²) in [6.45, 7) is 4.86. The van der Waals surface area contributed by atoms with Crippen molar-refractivity contribution in [2.24, 2.45) is 5.92 Å². The van der Waals surface area contributed by atoms with Crippen molar-refractivity contribution in [2.75, 3.05) is 18.5 Å². The van der Waals surface area contributed by atoms with Crippen LogP contribution in [0.5, 0.6) is 0 Å². The fourth-order valence-electron chi connectivity index (χ4n) is 3.20. The normalized spacial score (nSPS) is 19.9. The van der Waals surface area contributed by atoms with Crippen LogP contribution >= 0.6 is 0 Å². The minimum Gasteiger partial charge on any atom is -0.452 e. The Balaban J connectivity index is 1.84. The van der Waals surface area contributed by atoms with Crippen LogP contribution in [0.25, 0.3) is 0 Å². The number of esters is 1. The maximum Gasteiger partial charge on any atom is 0.340 e. The molecule has 5 heteroatoms. The second-order valence-electron chi connectivity index (χ2n) is 6.84. The Hall–Kier alpha value is -2.04. The fourth-order valence-corrected chi connectivity index (χ4v) is 3.20. The van der Waals surface area contributed by atoms with Crippen molar-refractivity contribution in [1.29, 1.82) is 0 Å². The Kier molecular flexibility index (Phi) is 7.76. The van der Waals surface area contributed by atoms with Crippen LogP contribution in [0.2, 0.25) is 0 Å². The summed E-state index contributed by atoms with van der Waals surface area (Å²) < 4.78 is 5.22. The van der Waals surface area contributed by atoms with E-state index >= 15 is 0 Å². The molecule has 0 bridgehead atoms. The molecule has 1 aromatic carbocycles. The first-order valence-corrected chi connectivity index (χ1v) is 9.41. The summed E-state index contributed by atoms with van der Waals surface area (Å²) in [5.74, 6) is -0.202. The third kappa shape index (κ3) is 6.07. The number of unbranched alkanes of at least 4 members (excludes halogenated alkanes) is 1. The van der Waals surface area contributed by atoms with Crippen LogP contribution in [0.3, 0.4) is 0 Å². The van der Waals surface area contributed by atoms with Crippen LogP contribution in [-0.4, -0.2) is 31.1 Å². The van der Waals surface area contributed by atoms with Crippen LogP contribution in [0, 0.1) is 5.92 Å². The first kappa shape index (κ1) is 19.3. The lowest BCUT2D eigenvalue weighted by Gasteiger charge is -2.29. The zero-order valence-electron chi connectivity index (χ0n) is 15.3. The Morgan fingerprint density at radius 2 is 1.96 bits per heavy atom. The number of anilines is 1. The van der Waals surface area contributed by atoms with E-state index in [0.717, 1.165) is 44.3 Å². The summed E-state index contributed by atoms with van der Waals surface area (Å²) in [4.78, 5) is 24.4. The molecule has 1 fully saturated rings. The first-order chi connectivity index (χ1) is 12.1. The predicted molar refractivity (Wildman–Crippen MR) is 99.7 cm³/mol. The molecular formula is C20H30N2O3. The smallest absolute Gasteiger partial charge is 0.340 e. The van der Waals surface area contributed by atoms with Gasteiger partial charge in [0.2, 0.25) is 0 Å². The van der Waals surface area contributed by atoms with Gasteiger partial charge in [-0.05, 0) is 37.3 Å². The maximum absolute atomic E-state index is 12.3. The molecule has 1 saturated carbocycles. The number of rotatable bonds is 8. The van der Waals surface area contributed by atoms with Gasteiger partial charge in [0.15, 0.2) is 6.61 Å². The fraction of sp³-hybridized carbons (Fsp3) is 0.600. The standard InChI is InChI=1S/C20H30N2O3/c1-3-4-13-21-18-12-8-6-10-16(18)20(24)25-14-19(23)22-17-11-7-5-9-15(17)2/h6,8,10,12,15,17,21H,3-5,7,9,11,13-14H2,1-2H3,(H,22,23)/t15-,17+/m1/s1. The minimum atomic E-state index is -0.466. The van der Waals surface area contributed by atoms with E-state index in [9.17, 15) is 9.59 Å². The van der Waals surface area contributed by atoms with Crippen molar-refractivity contribution >= 4 is 17.6 Å². The van der Waals surface area contributed by atoms with Gasteiger partial charge in [-0.2, -0.15) is 0 Å². The average molecular weight is 346 g/mol. The molecule has 0 aliphatic heterocycles. The summed E-state index contributed by atoms with van der Waals surface area (Å²) in [5.41, 5.74) is 1.22. The van der Waals surface area contributed by atoms with E-state index in [1.165, 1.54) is 6.42 Å². The number of hydrogen-bond acceptors (Lipinski definition) is 4. The third-order valence-corrected chi connectivity index (χ3v) is 4.78. The first-order valence-electron chi connectivity index (χ1n) is 9.41. The molecule has 1 aliphatic rings. The Morgan fingerprint density at radius 1 is 1.20 bits per heavy atom. The minimum absolute atomic E-state index is 0.197. The molecule has 25 heavy (non-hydrogen) atoms. The van der Waals surface area contributed by atoms with Gasteiger partial charge in [0.1, 0.15) is 0 Å². The number of nitrogens with one attached hydrogen (secondary N) is 2. The van der Waals surface area contributed by atoms with Crippen LogP contribution in [-0.2, 0) is 9.53 Å². The van der Waals surface area contributed by atoms with E-state index in [4.69, 9.17) is 4.74 Å². The number of hydrogen-bond donors (Lipinski definition) is 2. The zero-order chi connectivity index (χ0) is 18.1. The van der Waals surface area contributed by atoms with Crippen molar-refractivity contribution in [1.82, 2.24) is 5.32 Å². The highest BCUT2D eigenvalue weighted by Gasteiger charge is 2.23. The number of amides is 1. The van der Waals surface area contributed by atoms with Gasteiger partial charge in [-0.25, -0.2) is 4.79 Å². The third-order valence-electron chi connectivity index (χ3n) is 4.78. The lowest BCUT2D eigenvalue weighted by molar-refractivity contribution is -0.125. The topological polar surface area (TPSA) is 67.4 Å². The molecule has 0 spiro atoms. The van der Waals surface area contributed by atoms with Crippen molar-refractivity contribution in [3.8, 4) is 0 Å². The molecule has 0 radical (unpaired) electrons. The van der Waals surface area contributed by atoms with Gasteiger partial charge in [0.25, 0.3) is 5.91 Å². The number of para-hydroxylation sites is 1. The van der Waals surface area contributed by atoms with Crippen LogP contribution in [0.1, 0.15) is 62.7 Å². The van der Waals surface area contributed by atoms with E-state index < -0.39 is 5.97 Å². The molecule has 0 unspecified atom stereocenters. The predicted octanol–water partition coefficient (Wildman–Crippen LogP) is 3.75. The van der Waals surface area contributed by atoms with Gasteiger partial charge < -0.3 is 15.4 Å². The second-order valence-corrected chi connectivity index (χ2v) is 6.84. The Bertz CT molecular complexity index is 574. The van der Waals surface area contributed by atoms with Crippen molar-refractivity contribution < 1.29 is 14.3 Å². The molecule has 1 aliphatic carbocycles. The Labute approximate surface area is 150 Å². The molecule has 1 amide bonds. The van der Waals surface area contributed by atoms with Gasteiger partial charge in [0.05, 0.1) is 5.56 Å².